The zero-order valence-electron chi connectivity index (χ0n) is 15.6. The van der Waals surface area contributed by atoms with E-state index in [1.165, 1.54) is 5.56 Å². The van der Waals surface area contributed by atoms with Crippen molar-refractivity contribution in [3.63, 3.8) is 0 Å². The van der Waals surface area contributed by atoms with Gasteiger partial charge in [0.1, 0.15) is 0 Å². The third kappa shape index (κ3) is 5.21. The van der Waals surface area contributed by atoms with Crippen molar-refractivity contribution in [2.75, 3.05) is 26.4 Å². The number of aromatic nitrogens is 2. The molecular weight excluding hydrogens is 356 g/mol. The maximum absolute atomic E-state index is 12.4. The summed E-state index contributed by atoms with van der Waals surface area (Å²) in [5.74, 6) is -0.0506. The molecule has 0 aliphatic rings. The van der Waals surface area contributed by atoms with E-state index in [9.17, 15) is 4.79 Å². The van der Waals surface area contributed by atoms with Gasteiger partial charge in [0.25, 0.3) is 5.91 Å². The summed E-state index contributed by atoms with van der Waals surface area (Å²) in [5.41, 5.74) is 2.93. The molecule has 0 radical (unpaired) electrons. The van der Waals surface area contributed by atoms with Crippen molar-refractivity contribution < 1.29 is 4.79 Å². The Morgan fingerprint density at radius 2 is 1.89 bits per heavy atom. The Hall–Kier alpha value is -2.57. The van der Waals surface area contributed by atoms with Crippen LogP contribution in [0.25, 0.3) is 5.69 Å². The Morgan fingerprint density at radius 3 is 2.59 bits per heavy atom. The van der Waals surface area contributed by atoms with Crippen molar-refractivity contribution in [3.8, 4) is 5.69 Å². The van der Waals surface area contributed by atoms with Crippen LogP contribution in [0.2, 0.25) is 0 Å². The minimum Gasteiger partial charge on any atom is -0.351 e. The van der Waals surface area contributed by atoms with Crippen molar-refractivity contribution in [1.29, 1.82) is 0 Å². The maximum Gasteiger partial charge on any atom is 0.251 e. The van der Waals surface area contributed by atoms with Crippen molar-refractivity contribution >= 4 is 17.7 Å². The number of hydrogen-bond acceptors (Lipinski definition) is 4. The van der Waals surface area contributed by atoms with Gasteiger partial charge in [0.05, 0.1) is 0 Å². The van der Waals surface area contributed by atoms with Gasteiger partial charge in [-0.2, -0.15) is 0 Å². The van der Waals surface area contributed by atoms with E-state index in [-0.39, 0.29) is 5.91 Å². The van der Waals surface area contributed by atoms with Crippen LogP contribution in [0.4, 0.5) is 0 Å². The molecule has 3 rings (SSSR count). The van der Waals surface area contributed by atoms with Gasteiger partial charge in [-0.1, -0.05) is 42.1 Å². The van der Waals surface area contributed by atoms with E-state index in [1.54, 1.807) is 18.0 Å². The Balaban J connectivity index is 1.49. The van der Waals surface area contributed by atoms with Crippen molar-refractivity contribution in [2.45, 2.75) is 11.7 Å². The van der Waals surface area contributed by atoms with E-state index in [1.807, 2.05) is 59.5 Å². The van der Waals surface area contributed by atoms with E-state index >= 15 is 0 Å². The van der Waals surface area contributed by atoms with E-state index in [0.717, 1.165) is 23.9 Å². The number of benzene rings is 2. The minimum atomic E-state index is -0.0506. The molecule has 0 spiro atoms. The predicted octanol–water partition coefficient (Wildman–Crippen LogP) is 3.46. The van der Waals surface area contributed by atoms with Crippen LogP contribution in [0.1, 0.15) is 15.9 Å². The topological polar surface area (TPSA) is 50.2 Å². The number of nitrogens with one attached hydrogen (secondary N) is 1. The van der Waals surface area contributed by atoms with Gasteiger partial charge in [-0.15, -0.1) is 0 Å². The monoisotopic (exact) mass is 380 g/mol. The zero-order valence-corrected chi connectivity index (χ0v) is 16.4. The lowest BCUT2D eigenvalue weighted by atomic mass is 10.2. The second kappa shape index (κ2) is 9.39. The Labute approximate surface area is 164 Å². The van der Waals surface area contributed by atoms with Crippen LogP contribution in [-0.4, -0.2) is 46.8 Å². The van der Waals surface area contributed by atoms with E-state index in [0.29, 0.717) is 12.1 Å². The first kappa shape index (κ1) is 19.2. The third-order valence-electron chi connectivity index (χ3n) is 4.27. The second-order valence-electron chi connectivity index (χ2n) is 6.31. The van der Waals surface area contributed by atoms with Gasteiger partial charge in [0.2, 0.25) is 0 Å². The van der Waals surface area contributed by atoms with Gasteiger partial charge < -0.3 is 10.2 Å². The second-order valence-corrected chi connectivity index (χ2v) is 7.08. The number of amides is 1. The van der Waals surface area contributed by atoms with Gasteiger partial charge in [0, 0.05) is 43.3 Å². The SMILES string of the molecule is CSc1nccn1-c1ccc(C(=O)NCCN(C)Cc2ccccc2)cc1. The summed E-state index contributed by atoms with van der Waals surface area (Å²) in [6.07, 6.45) is 5.69. The smallest absolute Gasteiger partial charge is 0.251 e. The maximum atomic E-state index is 12.4. The average Bonchev–Trinajstić information content (AvgIpc) is 3.17. The number of carbonyl (C=O) groups excluding carboxylic acids is 1. The Kier molecular flexibility index (Phi) is 6.68. The lowest BCUT2D eigenvalue weighted by Gasteiger charge is -2.17. The molecule has 1 amide bonds. The predicted molar refractivity (Wildman–Crippen MR) is 110 cm³/mol. The number of rotatable bonds is 8. The minimum absolute atomic E-state index is 0.0506. The highest BCUT2D eigenvalue weighted by atomic mass is 32.2. The van der Waals surface area contributed by atoms with E-state index in [4.69, 9.17) is 0 Å². The molecule has 2 aromatic carbocycles. The molecule has 0 unspecified atom stereocenters. The Bertz CT molecular complexity index is 861. The summed E-state index contributed by atoms with van der Waals surface area (Å²) in [6, 6.07) is 17.9. The normalized spacial score (nSPS) is 10.9. The van der Waals surface area contributed by atoms with E-state index in [2.05, 4.69) is 34.4 Å². The number of hydrogen-bond donors (Lipinski definition) is 1. The fourth-order valence-electron chi connectivity index (χ4n) is 2.85. The molecule has 0 aliphatic carbocycles. The average molecular weight is 381 g/mol. The Morgan fingerprint density at radius 1 is 1.15 bits per heavy atom. The molecule has 1 N–H and O–H groups in total. The van der Waals surface area contributed by atoms with Gasteiger partial charge in [-0.25, -0.2) is 4.98 Å². The van der Waals surface area contributed by atoms with Crippen molar-refractivity contribution in [1.82, 2.24) is 19.8 Å². The highest BCUT2D eigenvalue weighted by Crippen LogP contribution is 2.18. The van der Waals surface area contributed by atoms with Gasteiger partial charge in [0.15, 0.2) is 5.16 Å². The van der Waals surface area contributed by atoms with Crippen molar-refractivity contribution in [2.24, 2.45) is 0 Å². The van der Waals surface area contributed by atoms with Crippen LogP contribution in [-0.2, 0) is 6.54 Å². The standard InChI is InChI=1S/C21H24N4OS/c1-24(16-17-6-4-3-5-7-17)14-12-22-20(26)18-8-10-19(11-9-18)25-15-13-23-21(25)27-2/h3-11,13,15H,12,14,16H2,1-2H3,(H,22,26). The summed E-state index contributed by atoms with van der Waals surface area (Å²) < 4.78 is 2.00. The van der Waals surface area contributed by atoms with Crippen molar-refractivity contribution in [3.05, 3.63) is 78.1 Å². The third-order valence-corrected chi connectivity index (χ3v) is 4.94. The van der Waals surface area contributed by atoms with Gasteiger partial charge >= 0.3 is 0 Å². The summed E-state index contributed by atoms with van der Waals surface area (Å²) in [5, 5.41) is 3.91. The lowest BCUT2D eigenvalue weighted by molar-refractivity contribution is 0.0949. The molecule has 27 heavy (non-hydrogen) atoms. The van der Waals surface area contributed by atoms with Crippen LogP contribution in [0.3, 0.4) is 0 Å². The fourth-order valence-corrected chi connectivity index (χ4v) is 3.38. The molecule has 0 bridgehead atoms. The molecule has 0 saturated carbocycles. The van der Waals surface area contributed by atoms with Crippen LogP contribution in [0, 0.1) is 0 Å². The molecule has 0 fully saturated rings. The zero-order chi connectivity index (χ0) is 19.1. The molecule has 6 heteroatoms. The molecule has 1 heterocycles. The van der Waals surface area contributed by atoms with Gasteiger partial charge in [-0.3, -0.25) is 9.36 Å². The number of imidazole rings is 1. The molecule has 0 saturated heterocycles. The lowest BCUT2D eigenvalue weighted by Crippen LogP contribution is -2.32. The first-order chi connectivity index (χ1) is 13.2. The summed E-state index contributed by atoms with van der Waals surface area (Å²) >= 11 is 1.59. The van der Waals surface area contributed by atoms with E-state index < -0.39 is 0 Å². The molecule has 1 aromatic heterocycles. The number of thioether (sulfide) groups is 1. The van der Waals surface area contributed by atoms with Crippen LogP contribution in [0.5, 0.6) is 0 Å². The van der Waals surface area contributed by atoms with Crippen LogP contribution in [0.15, 0.2) is 72.1 Å². The molecule has 140 valence electrons. The molecule has 5 nitrogen and oxygen atoms in total. The fraction of sp³-hybridized carbons (Fsp3) is 0.238. The molecular formula is C21H24N4OS. The van der Waals surface area contributed by atoms with Crippen LogP contribution < -0.4 is 5.32 Å². The first-order valence-electron chi connectivity index (χ1n) is 8.86. The quantitative estimate of drug-likeness (QED) is 0.608. The largest absolute Gasteiger partial charge is 0.351 e. The number of carbonyl (C=O) groups is 1. The number of nitrogens with zero attached hydrogens (tertiary/aromatic N) is 3. The molecule has 3 aromatic rings. The summed E-state index contributed by atoms with van der Waals surface area (Å²) in [4.78, 5) is 18.8. The molecule has 0 atom stereocenters. The first-order valence-corrected chi connectivity index (χ1v) is 10.1. The summed E-state index contributed by atoms with van der Waals surface area (Å²) in [7, 11) is 2.06. The summed E-state index contributed by atoms with van der Waals surface area (Å²) in [6.45, 7) is 2.28. The van der Waals surface area contributed by atoms with Crippen LogP contribution >= 0.6 is 11.8 Å². The highest BCUT2D eigenvalue weighted by Gasteiger charge is 2.08. The highest BCUT2D eigenvalue weighted by molar-refractivity contribution is 7.98. The van der Waals surface area contributed by atoms with Gasteiger partial charge in [-0.05, 0) is 43.1 Å². The molecule has 0 aliphatic heterocycles. The number of likely N-dealkylation sites (N-methyl/N-ethyl adjacent to an activating group) is 1.